The summed E-state index contributed by atoms with van der Waals surface area (Å²) >= 11 is 0.932. The van der Waals surface area contributed by atoms with Crippen molar-refractivity contribution in [2.75, 3.05) is 19.4 Å². The van der Waals surface area contributed by atoms with Crippen LogP contribution in [0.25, 0.3) is 10.4 Å². The van der Waals surface area contributed by atoms with Gasteiger partial charge in [0.25, 0.3) is 11.8 Å². The maximum atomic E-state index is 14.9. The molecule has 0 bridgehead atoms. The molecule has 0 radical (unpaired) electrons. The number of nitrogens with zero attached hydrogens (tertiary/aromatic N) is 5. The Balaban J connectivity index is 1.61. The molecule has 4 aromatic rings. The first-order valence-corrected chi connectivity index (χ1v) is 12.2. The van der Waals surface area contributed by atoms with Crippen LogP contribution < -0.4 is 11.1 Å². The first-order chi connectivity index (χ1) is 17.8. The third-order valence-corrected chi connectivity index (χ3v) is 6.60. The van der Waals surface area contributed by atoms with Gasteiger partial charge in [-0.15, -0.1) is 16.4 Å². The van der Waals surface area contributed by atoms with Crippen LogP contribution in [-0.4, -0.2) is 55.9 Å². The molecule has 13 heteroatoms. The molecule has 1 aromatic carbocycles. The van der Waals surface area contributed by atoms with Gasteiger partial charge in [0.2, 0.25) is 0 Å². The van der Waals surface area contributed by atoms with Gasteiger partial charge in [0.05, 0.1) is 35.2 Å². The Labute approximate surface area is 220 Å². The number of aliphatic hydroxyl groups is 1. The molecule has 38 heavy (non-hydrogen) atoms. The second-order valence-corrected chi connectivity index (χ2v) is 10.3. The zero-order chi connectivity index (χ0) is 27.8. The predicted octanol–water partition coefficient (Wildman–Crippen LogP) is 3.50. The Bertz CT molecular complexity index is 1500. The molecule has 0 spiro atoms. The fourth-order valence-corrected chi connectivity index (χ4v) is 4.69. The van der Waals surface area contributed by atoms with Crippen molar-refractivity contribution in [2.24, 2.45) is 5.73 Å². The molecule has 2 amide bonds. The van der Waals surface area contributed by atoms with E-state index in [1.54, 1.807) is 32.3 Å². The first kappa shape index (κ1) is 26.8. The Morgan fingerprint density at radius 1 is 1.18 bits per heavy atom. The molecular formula is C25H25F2N7O3S. The van der Waals surface area contributed by atoms with Crippen LogP contribution in [0.3, 0.4) is 0 Å². The number of hydrogen-bond acceptors (Lipinski definition) is 8. The third kappa shape index (κ3) is 5.68. The van der Waals surface area contributed by atoms with Gasteiger partial charge in [-0.1, -0.05) is 11.3 Å². The number of benzene rings is 1. The van der Waals surface area contributed by atoms with Crippen LogP contribution in [0.15, 0.2) is 42.6 Å². The van der Waals surface area contributed by atoms with Gasteiger partial charge in [-0.2, -0.15) is 0 Å². The molecule has 3 heterocycles. The van der Waals surface area contributed by atoms with Gasteiger partial charge < -0.3 is 21.1 Å². The second-order valence-electron chi connectivity index (χ2n) is 9.23. The van der Waals surface area contributed by atoms with Crippen molar-refractivity contribution in [1.82, 2.24) is 24.9 Å². The summed E-state index contributed by atoms with van der Waals surface area (Å²) in [6.45, 7) is 3.06. The van der Waals surface area contributed by atoms with Crippen molar-refractivity contribution in [3.8, 4) is 10.4 Å². The number of nitrogens with one attached hydrogen (secondary N) is 1. The summed E-state index contributed by atoms with van der Waals surface area (Å²) in [6, 6.07) is 8.53. The van der Waals surface area contributed by atoms with E-state index in [1.807, 2.05) is 0 Å². The molecular weight excluding hydrogens is 516 g/mol. The molecule has 0 fully saturated rings. The van der Waals surface area contributed by atoms with E-state index in [1.165, 1.54) is 35.7 Å². The number of pyridine rings is 1. The molecule has 0 saturated carbocycles. The highest BCUT2D eigenvalue weighted by Crippen LogP contribution is 2.40. The maximum Gasteiger partial charge on any atom is 0.275 e. The quantitative estimate of drug-likeness (QED) is 0.310. The van der Waals surface area contributed by atoms with Gasteiger partial charge in [0.1, 0.15) is 22.5 Å². The number of aromatic nitrogens is 4. The summed E-state index contributed by atoms with van der Waals surface area (Å²) in [6.07, 6.45) is 1.51. The van der Waals surface area contributed by atoms with E-state index in [2.05, 4.69) is 20.6 Å². The summed E-state index contributed by atoms with van der Waals surface area (Å²) in [7, 11) is 3.23. The maximum absolute atomic E-state index is 14.9. The normalized spacial score (nSPS) is 11.4. The molecule has 0 saturated heterocycles. The molecule has 0 aliphatic rings. The Hall–Kier alpha value is -4.23. The van der Waals surface area contributed by atoms with Crippen LogP contribution in [0, 0.1) is 11.6 Å². The average molecular weight is 542 g/mol. The van der Waals surface area contributed by atoms with Crippen LogP contribution in [0.5, 0.6) is 0 Å². The van der Waals surface area contributed by atoms with E-state index in [0.29, 0.717) is 11.5 Å². The Morgan fingerprint density at radius 3 is 2.47 bits per heavy atom. The standard InChI is InChI=1S/C25H25F2N7O3S/c1-25(2,37)13-8-16(26)21(17(27)9-13)19-10-15(22(28)35)23(38-19)30-20-7-5-6-14(29-20)11-34-12-18(31-32-34)24(36)33(3)4/h5-10,12,37H,11H2,1-4H3,(H2,28,35)(H,29,30). The lowest BCUT2D eigenvalue weighted by molar-refractivity contribution is 0.0778. The number of primary amides is 1. The SMILES string of the molecule is CN(C)C(=O)c1cn(Cc2cccc(Nc3sc(-c4c(F)cc(C(C)(C)O)cc4F)cc3C(N)=O)n2)nn1. The summed E-state index contributed by atoms with van der Waals surface area (Å²) in [5.74, 6) is -2.49. The predicted molar refractivity (Wildman–Crippen MR) is 138 cm³/mol. The minimum atomic E-state index is -1.44. The van der Waals surface area contributed by atoms with E-state index in [9.17, 15) is 23.5 Å². The lowest BCUT2D eigenvalue weighted by Crippen LogP contribution is -2.22. The molecule has 0 aliphatic heterocycles. The van der Waals surface area contributed by atoms with Crippen LogP contribution >= 0.6 is 11.3 Å². The lowest BCUT2D eigenvalue weighted by atomic mass is 9.96. The van der Waals surface area contributed by atoms with E-state index >= 15 is 0 Å². The van der Waals surface area contributed by atoms with Crippen LogP contribution in [0.2, 0.25) is 0 Å². The minimum absolute atomic E-state index is 0.0330. The molecule has 10 nitrogen and oxygen atoms in total. The van der Waals surface area contributed by atoms with Gasteiger partial charge in [-0.3, -0.25) is 9.59 Å². The fourth-order valence-electron chi connectivity index (χ4n) is 3.57. The summed E-state index contributed by atoms with van der Waals surface area (Å²) < 4.78 is 31.3. The number of hydrogen-bond donors (Lipinski definition) is 3. The number of carbonyl (C=O) groups excluding carboxylic acids is 2. The largest absolute Gasteiger partial charge is 0.386 e. The first-order valence-electron chi connectivity index (χ1n) is 11.3. The van der Waals surface area contributed by atoms with Crippen molar-refractivity contribution in [2.45, 2.75) is 26.0 Å². The molecule has 4 rings (SSSR count). The number of amides is 2. The van der Waals surface area contributed by atoms with Gasteiger partial charge in [-0.25, -0.2) is 18.4 Å². The third-order valence-electron chi connectivity index (χ3n) is 5.53. The highest BCUT2D eigenvalue weighted by molar-refractivity contribution is 7.20. The number of rotatable bonds is 8. The van der Waals surface area contributed by atoms with Gasteiger partial charge in [-0.05, 0) is 49.7 Å². The average Bonchev–Trinajstić information content (AvgIpc) is 3.45. The zero-order valence-corrected chi connectivity index (χ0v) is 21.8. The molecule has 198 valence electrons. The van der Waals surface area contributed by atoms with Crippen LogP contribution in [0.1, 0.15) is 46.0 Å². The molecule has 0 atom stereocenters. The number of anilines is 2. The number of nitrogens with two attached hydrogens (primary N) is 1. The smallest absolute Gasteiger partial charge is 0.275 e. The van der Waals surface area contributed by atoms with Crippen molar-refractivity contribution in [3.05, 3.63) is 76.7 Å². The lowest BCUT2D eigenvalue weighted by Gasteiger charge is -2.18. The highest BCUT2D eigenvalue weighted by atomic mass is 32.1. The van der Waals surface area contributed by atoms with Crippen molar-refractivity contribution in [1.29, 1.82) is 0 Å². The number of halogens is 2. The monoisotopic (exact) mass is 541 g/mol. The van der Waals surface area contributed by atoms with Gasteiger partial charge >= 0.3 is 0 Å². The minimum Gasteiger partial charge on any atom is -0.386 e. The van der Waals surface area contributed by atoms with E-state index in [4.69, 9.17) is 5.73 Å². The number of thiophene rings is 1. The van der Waals surface area contributed by atoms with E-state index in [0.717, 1.165) is 23.5 Å². The Morgan fingerprint density at radius 2 is 1.87 bits per heavy atom. The summed E-state index contributed by atoms with van der Waals surface area (Å²) in [4.78, 5) is 30.2. The molecule has 4 N–H and O–H groups in total. The van der Waals surface area contributed by atoms with Crippen molar-refractivity contribution in [3.63, 3.8) is 0 Å². The zero-order valence-electron chi connectivity index (χ0n) is 21.0. The van der Waals surface area contributed by atoms with Crippen molar-refractivity contribution < 1.29 is 23.5 Å². The Kier molecular flexibility index (Phi) is 7.24. The summed E-state index contributed by atoms with van der Waals surface area (Å²) in [5, 5.41) is 21.2. The van der Waals surface area contributed by atoms with Crippen molar-refractivity contribution >= 4 is 34.0 Å². The van der Waals surface area contributed by atoms with Gasteiger partial charge in [0.15, 0.2) is 5.69 Å². The topological polar surface area (TPSA) is 139 Å². The van der Waals surface area contributed by atoms with E-state index in [-0.39, 0.29) is 44.7 Å². The van der Waals surface area contributed by atoms with Gasteiger partial charge in [0, 0.05) is 19.0 Å². The number of carbonyl (C=O) groups is 2. The van der Waals surface area contributed by atoms with E-state index < -0.39 is 23.1 Å². The van der Waals surface area contributed by atoms with Crippen LogP contribution in [-0.2, 0) is 12.1 Å². The summed E-state index contributed by atoms with van der Waals surface area (Å²) in [5.41, 5.74) is 4.63. The molecule has 0 unspecified atom stereocenters. The molecule has 0 aliphatic carbocycles. The fraction of sp³-hybridized carbons (Fsp3) is 0.240. The molecule has 3 aromatic heterocycles. The highest BCUT2D eigenvalue weighted by Gasteiger charge is 2.24. The van der Waals surface area contributed by atoms with Crippen LogP contribution in [0.4, 0.5) is 19.6 Å². The second kappa shape index (κ2) is 10.3.